The number of rotatable bonds is 5. The summed E-state index contributed by atoms with van der Waals surface area (Å²) < 4.78 is 21.5. The second-order valence-corrected chi connectivity index (χ2v) is 6.12. The highest BCUT2D eigenvalue weighted by atomic mass is 19.1. The van der Waals surface area contributed by atoms with Gasteiger partial charge in [-0.25, -0.2) is 9.18 Å². The van der Waals surface area contributed by atoms with Crippen LogP contribution in [-0.4, -0.2) is 22.2 Å². The number of alkyl halides is 1. The molecule has 0 spiro atoms. The summed E-state index contributed by atoms with van der Waals surface area (Å²) >= 11 is 0. The van der Waals surface area contributed by atoms with Crippen LogP contribution < -0.4 is 4.74 Å². The lowest BCUT2D eigenvalue weighted by Crippen LogP contribution is -2.06. The maximum absolute atomic E-state index is 14.2. The summed E-state index contributed by atoms with van der Waals surface area (Å²) in [6.07, 6.45) is 6.76. The predicted molar refractivity (Wildman–Crippen MR) is 75.4 cm³/mol. The standard InChI is InChI=1S/C16H16FNO3/c17-16(3-4-16)18-7-12-5-11(15(19)20)6-14(13(12)8-18)21-9-10-1-2-10/h5-8,10H,1-4,9H2,(H,19,20). The van der Waals surface area contributed by atoms with Gasteiger partial charge in [0, 0.05) is 36.0 Å². The zero-order valence-electron chi connectivity index (χ0n) is 11.5. The highest BCUT2D eigenvalue weighted by molar-refractivity contribution is 5.97. The molecule has 0 unspecified atom stereocenters. The first-order valence-corrected chi connectivity index (χ1v) is 7.26. The summed E-state index contributed by atoms with van der Waals surface area (Å²) in [7, 11) is 0. The summed E-state index contributed by atoms with van der Waals surface area (Å²) in [5.41, 5.74) is 0.176. The quantitative estimate of drug-likeness (QED) is 0.916. The van der Waals surface area contributed by atoms with Gasteiger partial charge < -0.3 is 14.4 Å². The van der Waals surface area contributed by atoms with Crippen molar-refractivity contribution in [1.29, 1.82) is 0 Å². The molecule has 21 heavy (non-hydrogen) atoms. The van der Waals surface area contributed by atoms with Gasteiger partial charge in [0.1, 0.15) is 5.75 Å². The molecule has 2 aliphatic rings. The molecule has 1 heterocycles. The number of carboxylic acid groups (broad SMARTS) is 1. The van der Waals surface area contributed by atoms with Crippen molar-refractivity contribution in [2.45, 2.75) is 31.5 Å². The van der Waals surface area contributed by atoms with Crippen LogP contribution in [0, 0.1) is 5.92 Å². The number of hydrogen-bond acceptors (Lipinski definition) is 2. The number of carbonyl (C=O) groups is 1. The lowest BCUT2D eigenvalue weighted by Gasteiger charge is -2.08. The fourth-order valence-corrected chi connectivity index (χ4v) is 2.55. The van der Waals surface area contributed by atoms with Gasteiger partial charge in [-0.2, -0.15) is 0 Å². The molecule has 5 heteroatoms. The maximum Gasteiger partial charge on any atom is 0.335 e. The third-order valence-corrected chi connectivity index (χ3v) is 4.26. The zero-order chi connectivity index (χ0) is 14.6. The van der Waals surface area contributed by atoms with Gasteiger partial charge in [-0.3, -0.25) is 0 Å². The normalized spacial score (nSPS) is 19.7. The maximum atomic E-state index is 14.2. The molecule has 0 amide bonds. The van der Waals surface area contributed by atoms with Crippen LogP contribution in [0.4, 0.5) is 4.39 Å². The topological polar surface area (TPSA) is 51.5 Å². The van der Waals surface area contributed by atoms with Crippen LogP contribution in [0.3, 0.4) is 0 Å². The van der Waals surface area contributed by atoms with E-state index in [1.54, 1.807) is 23.0 Å². The van der Waals surface area contributed by atoms with Gasteiger partial charge >= 0.3 is 5.97 Å². The SMILES string of the molecule is O=C(O)c1cc(OCC2CC2)c2cn(C3(F)CC3)cc2c1. The Hall–Kier alpha value is -2.04. The zero-order valence-corrected chi connectivity index (χ0v) is 11.5. The average molecular weight is 289 g/mol. The molecule has 2 saturated carbocycles. The van der Waals surface area contributed by atoms with Crippen LogP contribution >= 0.6 is 0 Å². The van der Waals surface area contributed by atoms with Crippen molar-refractivity contribution in [1.82, 2.24) is 4.57 Å². The minimum Gasteiger partial charge on any atom is -0.493 e. The Balaban J connectivity index is 1.78. The third-order valence-electron chi connectivity index (χ3n) is 4.26. The van der Waals surface area contributed by atoms with Crippen LogP contribution in [0.1, 0.15) is 36.0 Å². The van der Waals surface area contributed by atoms with Gasteiger partial charge in [-0.15, -0.1) is 0 Å². The van der Waals surface area contributed by atoms with E-state index >= 15 is 0 Å². The molecule has 0 atom stereocenters. The van der Waals surface area contributed by atoms with Crippen molar-refractivity contribution in [2.75, 3.05) is 6.61 Å². The molecule has 110 valence electrons. The first kappa shape index (κ1) is 12.7. The Labute approximate surface area is 121 Å². The van der Waals surface area contributed by atoms with Crippen LogP contribution in [0.5, 0.6) is 5.75 Å². The third kappa shape index (κ3) is 2.26. The van der Waals surface area contributed by atoms with Crippen molar-refractivity contribution in [3.63, 3.8) is 0 Å². The highest BCUT2D eigenvalue weighted by Crippen LogP contribution is 2.46. The van der Waals surface area contributed by atoms with E-state index in [1.165, 1.54) is 6.07 Å². The number of benzene rings is 1. The van der Waals surface area contributed by atoms with Crippen molar-refractivity contribution in [3.8, 4) is 5.75 Å². The van der Waals surface area contributed by atoms with Gasteiger partial charge in [0.15, 0.2) is 5.79 Å². The van der Waals surface area contributed by atoms with Crippen molar-refractivity contribution in [2.24, 2.45) is 5.92 Å². The molecule has 0 radical (unpaired) electrons. The Morgan fingerprint density at radius 2 is 2.14 bits per heavy atom. The summed E-state index contributed by atoms with van der Waals surface area (Å²) in [5, 5.41) is 10.7. The van der Waals surface area contributed by atoms with Crippen molar-refractivity contribution < 1.29 is 19.0 Å². The Morgan fingerprint density at radius 3 is 2.76 bits per heavy atom. The Bertz CT molecular complexity index is 728. The summed E-state index contributed by atoms with van der Waals surface area (Å²) in [6.45, 7) is 0.601. The largest absolute Gasteiger partial charge is 0.493 e. The molecule has 1 aromatic heterocycles. The van der Waals surface area contributed by atoms with Crippen molar-refractivity contribution >= 4 is 16.7 Å². The minimum atomic E-state index is -1.30. The fourth-order valence-electron chi connectivity index (χ4n) is 2.55. The van der Waals surface area contributed by atoms with Crippen molar-refractivity contribution in [3.05, 3.63) is 30.1 Å². The van der Waals surface area contributed by atoms with E-state index < -0.39 is 11.8 Å². The number of carboxylic acids is 1. The first-order valence-electron chi connectivity index (χ1n) is 7.26. The molecule has 0 aliphatic heterocycles. The molecule has 1 N–H and O–H groups in total. The van der Waals surface area contributed by atoms with E-state index in [0.29, 0.717) is 36.5 Å². The van der Waals surface area contributed by atoms with Gasteiger partial charge in [-0.05, 0) is 30.9 Å². The molecule has 2 fully saturated rings. The number of aromatic carboxylic acids is 1. The van der Waals surface area contributed by atoms with Gasteiger partial charge in [-0.1, -0.05) is 0 Å². The molecular weight excluding hydrogens is 273 g/mol. The first-order chi connectivity index (χ1) is 10.0. The van der Waals surface area contributed by atoms with E-state index in [4.69, 9.17) is 4.74 Å². The number of fused-ring (bicyclic) bond motifs is 1. The van der Waals surface area contributed by atoms with Crippen LogP contribution in [-0.2, 0) is 5.79 Å². The van der Waals surface area contributed by atoms with Gasteiger partial charge in [0.2, 0.25) is 0 Å². The Kier molecular flexibility index (Phi) is 2.55. The van der Waals surface area contributed by atoms with Gasteiger partial charge in [0.05, 0.1) is 12.2 Å². The highest BCUT2D eigenvalue weighted by Gasteiger charge is 2.45. The molecule has 4 rings (SSSR count). The van der Waals surface area contributed by atoms with E-state index in [0.717, 1.165) is 18.2 Å². The summed E-state index contributed by atoms with van der Waals surface area (Å²) in [4.78, 5) is 11.2. The van der Waals surface area contributed by atoms with E-state index in [-0.39, 0.29) is 5.56 Å². The van der Waals surface area contributed by atoms with Crippen LogP contribution in [0.25, 0.3) is 10.8 Å². The molecule has 4 nitrogen and oxygen atoms in total. The van der Waals surface area contributed by atoms with E-state index in [2.05, 4.69) is 0 Å². The molecular formula is C16H16FNO3. The molecule has 0 bridgehead atoms. The number of aromatic nitrogens is 1. The molecule has 2 aliphatic carbocycles. The number of hydrogen-bond donors (Lipinski definition) is 1. The molecule has 1 aromatic carbocycles. The summed E-state index contributed by atoms with van der Waals surface area (Å²) in [5.74, 6) is -1.18. The molecule has 2 aromatic rings. The monoisotopic (exact) mass is 289 g/mol. The lowest BCUT2D eigenvalue weighted by molar-refractivity contribution is 0.0696. The fraction of sp³-hybridized carbons (Fsp3) is 0.438. The van der Waals surface area contributed by atoms with E-state index in [9.17, 15) is 14.3 Å². The van der Waals surface area contributed by atoms with Crippen LogP contribution in [0.15, 0.2) is 24.5 Å². The Morgan fingerprint density at radius 1 is 1.38 bits per heavy atom. The predicted octanol–water partition coefficient (Wildman–Crippen LogP) is 3.54. The lowest BCUT2D eigenvalue weighted by atomic mass is 10.1. The van der Waals surface area contributed by atoms with Crippen LogP contribution in [0.2, 0.25) is 0 Å². The molecule has 0 saturated heterocycles. The van der Waals surface area contributed by atoms with E-state index in [1.807, 2.05) is 0 Å². The second kappa shape index (κ2) is 4.23. The smallest absolute Gasteiger partial charge is 0.335 e. The number of halogens is 1. The van der Waals surface area contributed by atoms with Gasteiger partial charge in [0.25, 0.3) is 0 Å². The number of ether oxygens (including phenoxy) is 1. The minimum absolute atomic E-state index is 0.176. The summed E-state index contributed by atoms with van der Waals surface area (Å²) in [6, 6.07) is 3.11. The average Bonchev–Trinajstić information content (AvgIpc) is 3.36. The number of nitrogens with zero attached hydrogens (tertiary/aromatic N) is 1. The second-order valence-electron chi connectivity index (χ2n) is 6.12.